The molecule has 1 atom stereocenters. The number of nitrogens with zero attached hydrogens (tertiary/aromatic N) is 4. The maximum atomic E-state index is 13.2. The average Bonchev–Trinajstić information content (AvgIpc) is 3.14. The van der Waals surface area contributed by atoms with Crippen LogP contribution >= 0.6 is 23.2 Å². The van der Waals surface area contributed by atoms with Crippen LogP contribution in [0.25, 0.3) is 22.2 Å². The fourth-order valence-corrected chi connectivity index (χ4v) is 4.01. The predicted octanol–water partition coefficient (Wildman–Crippen LogP) is 3.14. The molecular formula is C21H17Cl2N5O4. The molecule has 1 aliphatic heterocycles. The van der Waals surface area contributed by atoms with Crippen molar-refractivity contribution in [1.29, 1.82) is 0 Å². The Kier molecular flexibility index (Phi) is 5.62. The van der Waals surface area contributed by atoms with Gasteiger partial charge >= 0.3 is 5.97 Å². The van der Waals surface area contributed by atoms with Crippen molar-refractivity contribution >= 4 is 52.4 Å². The molecular weight excluding hydrogens is 457 g/mol. The lowest BCUT2D eigenvalue weighted by Crippen LogP contribution is -2.40. The van der Waals surface area contributed by atoms with Gasteiger partial charge in [0.05, 0.1) is 28.3 Å². The van der Waals surface area contributed by atoms with Crippen molar-refractivity contribution in [3.05, 3.63) is 62.6 Å². The molecule has 0 aliphatic carbocycles. The average molecular weight is 474 g/mol. The Hall–Kier alpha value is -3.43. The highest BCUT2D eigenvalue weighted by Gasteiger charge is 2.36. The van der Waals surface area contributed by atoms with Crippen LogP contribution in [0.15, 0.2) is 52.0 Å². The second-order valence-corrected chi connectivity index (χ2v) is 7.86. The molecule has 3 heterocycles. The molecule has 11 heteroatoms. The zero-order valence-corrected chi connectivity index (χ0v) is 18.7. The molecule has 1 unspecified atom stereocenters. The SMILES string of the molecule is COC(=O)C1=CN=CC1(C)Nc1ncc2cc(-c3c(Cl)cccc3Cl)c(=O)n(OC)c2n1. The minimum atomic E-state index is -0.996. The summed E-state index contributed by atoms with van der Waals surface area (Å²) in [6, 6.07) is 6.57. The zero-order chi connectivity index (χ0) is 23.0. The number of nitrogens with one attached hydrogen (secondary N) is 1. The van der Waals surface area contributed by atoms with Crippen molar-refractivity contribution in [2.24, 2.45) is 4.99 Å². The van der Waals surface area contributed by atoms with Crippen molar-refractivity contribution in [1.82, 2.24) is 14.7 Å². The summed E-state index contributed by atoms with van der Waals surface area (Å²) in [7, 11) is 2.63. The van der Waals surface area contributed by atoms with Crippen LogP contribution in [0.3, 0.4) is 0 Å². The van der Waals surface area contributed by atoms with Gasteiger partial charge in [-0.2, -0.15) is 4.98 Å². The number of rotatable bonds is 5. The van der Waals surface area contributed by atoms with Gasteiger partial charge < -0.3 is 14.9 Å². The standard InChI is InChI=1S/C21H17Cl2N5O4/c1-21(10-24-9-13(21)19(30)31-2)27-20-25-8-11-7-12(16-14(22)5-4-6-15(16)23)18(29)28(32-3)17(11)26-20/h4-10H,1-3H3,(H,25,26,27). The maximum Gasteiger partial charge on any atom is 0.338 e. The molecule has 164 valence electrons. The Bertz CT molecular complexity index is 1350. The quantitative estimate of drug-likeness (QED) is 0.566. The second-order valence-electron chi connectivity index (χ2n) is 7.05. The predicted molar refractivity (Wildman–Crippen MR) is 122 cm³/mol. The second kappa shape index (κ2) is 8.25. The van der Waals surface area contributed by atoms with E-state index in [4.69, 9.17) is 32.8 Å². The third-order valence-electron chi connectivity index (χ3n) is 4.99. The summed E-state index contributed by atoms with van der Waals surface area (Å²) in [4.78, 5) is 43.3. The third kappa shape index (κ3) is 3.59. The summed E-state index contributed by atoms with van der Waals surface area (Å²) >= 11 is 12.6. The van der Waals surface area contributed by atoms with Crippen LogP contribution in [-0.4, -0.2) is 46.6 Å². The number of ether oxygens (including phenoxy) is 1. The van der Waals surface area contributed by atoms with E-state index in [1.807, 2.05) is 0 Å². The number of benzene rings is 1. The number of pyridine rings is 1. The van der Waals surface area contributed by atoms with Gasteiger partial charge in [0.1, 0.15) is 12.6 Å². The Labute approximate surface area is 192 Å². The van der Waals surface area contributed by atoms with Gasteiger partial charge in [0.2, 0.25) is 5.95 Å². The Morgan fingerprint density at radius 1 is 1.22 bits per heavy atom. The number of methoxy groups -OCH3 is 1. The summed E-state index contributed by atoms with van der Waals surface area (Å²) < 4.78 is 5.84. The molecule has 9 nitrogen and oxygen atoms in total. The van der Waals surface area contributed by atoms with Gasteiger partial charge in [-0.25, -0.2) is 9.78 Å². The molecule has 4 rings (SSSR count). The molecule has 1 aliphatic rings. The molecule has 2 aromatic heterocycles. The Balaban J connectivity index is 1.83. The summed E-state index contributed by atoms with van der Waals surface area (Å²) in [5, 5.41) is 4.22. The highest BCUT2D eigenvalue weighted by Crippen LogP contribution is 2.34. The highest BCUT2D eigenvalue weighted by molar-refractivity contribution is 6.39. The van der Waals surface area contributed by atoms with Gasteiger partial charge in [0.15, 0.2) is 5.65 Å². The first-order valence-electron chi connectivity index (χ1n) is 9.32. The lowest BCUT2D eigenvalue weighted by Gasteiger charge is -2.25. The van der Waals surface area contributed by atoms with Crippen LogP contribution in [0.2, 0.25) is 10.0 Å². The normalized spacial score (nSPS) is 17.3. The van der Waals surface area contributed by atoms with Crippen LogP contribution in [-0.2, 0) is 9.53 Å². The van der Waals surface area contributed by atoms with Crippen molar-refractivity contribution in [2.45, 2.75) is 12.5 Å². The first kappa shape index (κ1) is 21.8. The first-order chi connectivity index (χ1) is 15.3. The van der Waals surface area contributed by atoms with Crippen molar-refractivity contribution in [2.75, 3.05) is 19.5 Å². The van der Waals surface area contributed by atoms with E-state index < -0.39 is 17.1 Å². The number of carbonyl (C=O) groups is 1. The molecule has 0 radical (unpaired) electrons. The number of fused-ring (bicyclic) bond motifs is 1. The number of esters is 1. The lowest BCUT2D eigenvalue weighted by molar-refractivity contribution is -0.136. The van der Waals surface area contributed by atoms with E-state index in [9.17, 15) is 9.59 Å². The van der Waals surface area contributed by atoms with Gasteiger partial charge in [-0.3, -0.25) is 9.79 Å². The molecule has 32 heavy (non-hydrogen) atoms. The summed E-state index contributed by atoms with van der Waals surface area (Å²) in [5.74, 6) is -0.384. The van der Waals surface area contributed by atoms with E-state index in [2.05, 4.69) is 20.3 Å². The fourth-order valence-electron chi connectivity index (χ4n) is 3.40. The lowest BCUT2D eigenvalue weighted by atomic mass is 9.95. The maximum absolute atomic E-state index is 13.2. The number of hydrogen-bond donors (Lipinski definition) is 1. The number of carbonyl (C=O) groups excluding carboxylic acids is 1. The van der Waals surface area contributed by atoms with Gasteiger partial charge in [-0.1, -0.05) is 29.3 Å². The number of aromatic nitrogens is 3. The Morgan fingerprint density at radius 2 is 1.94 bits per heavy atom. The molecule has 0 saturated heterocycles. The summed E-state index contributed by atoms with van der Waals surface area (Å²) in [6.07, 6.45) is 4.47. The number of hydrogen-bond acceptors (Lipinski definition) is 8. The Morgan fingerprint density at radius 3 is 2.59 bits per heavy atom. The zero-order valence-electron chi connectivity index (χ0n) is 17.2. The number of anilines is 1. The topological polar surface area (TPSA) is 108 Å². The van der Waals surface area contributed by atoms with E-state index in [-0.39, 0.29) is 22.7 Å². The molecule has 1 aromatic carbocycles. The monoisotopic (exact) mass is 473 g/mol. The highest BCUT2D eigenvalue weighted by atomic mass is 35.5. The fraction of sp³-hybridized carbons (Fsp3) is 0.190. The number of aliphatic imine (C=N–C) groups is 1. The van der Waals surface area contributed by atoms with Crippen molar-refractivity contribution < 1.29 is 14.4 Å². The first-order valence-corrected chi connectivity index (χ1v) is 10.1. The van der Waals surface area contributed by atoms with Crippen molar-refractivity contribution in [3.8, 4) is 11.1 Å². The van der Waals surface area contributed by atoms with E-state index in [1.54, 1.807) is 37.4 Å². The van der Waals surface area contributed by atoms with Gasteiger partial charge in [0, 0.05) is 29.6 Å². The van der Waals surface area contributed by atoms with Crippen molar-refractivity contribution in [3.63, 3.8) is 0 Å². The van der Waals surface area contributed by atoms with Crippen LogP contribution in [0, 0.1) is 0 Å². The molecule has 1 N–H and O–H groups in total. The molecule has 3 aromatic rings. The van der Waals surface area contributed by atoms with Crippen LogP contribution < -0.4 is 15.7 Å². The van der Waals surface area contributed by atoms with E-state index in [1.165, 1.54) is 26.6 Å². The molecule has 0 saturated carbocycles. The smallest absolute Gasteiger partial charge is 0.338 e. The number of halogens is 2. The third-order valence-corrected chi connectivity index (χ3v) is 5.62. The van der Waals surface area contributed by atoms with Crippen LogP contribution in [0.1, 0.15) is 6.92 Å². The minimum absolute atomic E-state index is 0.150. The molecule has 0 bridgehead atoms. The van der Waals surface area contributed by atoms with Gasteiger partial charge in [-0.15, -0.1) is 4.73 Å². The molecule has 0 amide bonds. The largest absolute Gasteiger partial charge is 0.466 e. The van der Waals surface area contributed by atoms with Crippen LogP contribution in [0.5, 0.6) is 0 Å². The summed E-state index contributed by atoms with van der Waals surface area (Å²) in [5.41, 5.74) is -0.364. The molecule has 0 fully saturated rings. The van der Waals surface area contributed by atoms with Gasteiger partial charge in [-0.05, 0) is 25.1 Å². The van der Waals surface area contributed by atoms with E-state index in [0.29, 0.717) is 21.0 Å². The van der Waals surface area contributed by atoms with Gasteiger partial charge in [0.25, 0.3) is 5.56 Å². The van der Waals surface area contributed by atoms with E-state index in [0.717, 1.165) is 4.73 Å². The molecule has 0 spiro atoms. The van der Waals surface area contributed by atoms with E-state index >= 15 is 0 Å². The van der Waals surface area contributed by atoms with Crippen LogP contribution in [0.4, 0.5) is 5.95 Å². The summed E-state index contributed by atoms with van der Waals surface area (Å²) in [6.45, 7) is 1.73. The minimum Gasteiger partial charge on any atom is -0.466 e.